The fourth-order valence-electron chi connectivity index (χ4n) is 2.57. The molecule has 0 aromatic carbocycles. The molecule has 1 aromatic heterocycles. The topological polar surface area (TPSA) is 46.3 Å². The van der Waals surface area contributed by atoms with Gasteiger partial charge in [-0.05, 0) is 37.7 Å². The number of aromatic nitrogens is 1. The normalized spacial score (nSPS) is 19.7. The molecule has 5 heteroatoms. The fraction of sp³-hybridized carbons (Fsp3) is 0.714. The van der Waals surface area contributed by atoms with E-state index in [0.717, 1.165) is 31.7 Å². The maximum absolute atomic E-state index is 12.5. The number of hydrogen-bond donors (Lipinski definition) is 0. The average molecular weight is 282 g/mol. The lowest BCUT2D eigenvalue weighted by molar-refractivity contribution is 0.0650. The average Bonchev–Trinajstić information content (AvgIpc) is 2.80. The van der Waals surface area contributed by atoms with E-state index in [1.807, 2.05) is 30.5 Å². The van der Waals surface area contributed by atoms with E-state index in [0.29, 0.717) is 23.3 Å². The molecule has 1 aliphatic rings. The van der Waals surface area contributed by atoms with Crippen LogP contribution in [0.3, 0.4) is 0 Å². The number of rotatable bonds is 4. The van der Waals surface area contributed by atoms with Crippen LogP contribution in [0.25, 0.3) is 0 Å². The monoisotopic (exact) mass is 282 g/mol. The van der Waals surface area contributed by atoms with Gasteiger partial charge in [-0.3, -0.25) is 4.79 Å². The summed E-state index contributed by atoms with van der Waals surface area (Å²) in [6.45, 7) is 5.51. The minimum absolute atomic E-state index is 0.00973. The van der Waals surface area contributed by atoms with Crippen LogP contribution in [0.1, 0.15) is 41.9 Å². The second-order valence-electron chi connectivity index (χ2n) is 5.09. The van der Waals surface area contributed by atoms with E-state index in [2.05, 4.69) is 11.2 Å². The van der Waals surface area contributed by atoms with Crippen molar-refractivity contribution in [3.8, 4) is 0 Å². The van der Waals surface area contributed by atoms with Crippen molar-refractivity contribution in [3.05, 3.63) is 17.3 Å². The Balaban J connectivity index is 2.07. The van der Waals surface area contributed by atoms with Crippen molar-refractivity contribution in [1.82, 2.24) is 9.88 Å². The van der Waals surface area contributed by atoms with Gasteiger partial charge in [0.2, 0.25) is 5.76 Å². The first-order valence-electron chi connectivity index (χ1n) is 6.90. The van der Waals surface area contributed by atoms with Crippen molar-refractivity contribution in [3.63, 3.8) is 0 Å². The summed E-state index contributed by atoms with van der Waals surface area (Å²) >= 11 is 1.85. The zero-order chi connectivity index (χ0) is 13.8. The minimum atomic E-state index is 0.00973. The fourth-order valence-corrected chi connectivity index (χ4v) is 3.31. The lowest BCUT2D eigenvalue weighted by Crippen LogP contribution is -2.40. The zero-order valence-corrected chi connectivity index (χ0v) is 12.8. The standard InChI is InChI=1S/C14H22N2O2S/c1-4-12-15-10(2)13(18-12)14(17)16-7-5-6-11(8-16)9-19-3/h11H,4-9H2,1-3H3/t11-/m1/s1. The predicted molar refractivity (Wildman–Crippen MR) is 77.6 cm³/mol. The Kier molecular flexibility index (Phi) is 4.91. The van der Waals surface area contributed by atoms with E-state index in [1.165, 1.54) is 6.42 Å². The van der Waals surface area contributed by atoms with Gasteiger partial charge in [0, 0.05) is 19.5 Å². The third-order valence-corrected chi connectivity index (χ3v) is 4.35. The summed E-state index contributed by atoms with van der Waals surface area (Å²) in [5.74, 6) is 2.83. The summed E-state index contributed by atoms with van der Waals surface area (Å²) in [4.78, 5) is 18.7. The summed E-state index contributed by atoms with van der Waals surface area (Å²) in [6, 6.07) is 0. The van der Waals surface area contributed by atoms with Gasteiger partial charge < -0.3 is 9.32 Å². The van der Waals surface area contributed by atoms with Crippen LogP contribution in [0.4, 0.5) is 0 Å². The molecule has 1 amide bonds. The van der Waals surface area contributed by atoms with Crippen molar-refractivity contribution < 1.29 is 9.21 Å². The first kappa shape index (κ1) is 14.4. The van der Waals surface area contributed by atoms with Crippen LogP contribution in [0.15, 0.2) is 4.42 Å². The highest BCUT2D eigenvalue weighted by atomic mass is 32.2. The van der Waals surface area contributed by atoms with Crippen molar-refractivity contribution in [2.24, 2.45) is 5.92 Å². The number of likely N-dealkylation sites (tertiary alicyclic amines) is 1. The molecule has 0 unspecified atom stereocenters. The van der Waals surface area contributed by atoms with Gasteiger partial charge in [0.05, 0.1) is 5.69 Å². The largest absolute Gasteiger partial charge is 0.435 e. The Morgan fingerprint density at radius 2 is 2.37 bits per heavy atom. The van der Waals surface area contributed by atoms with Crippen LogP contribution in [-0.4, -0.2) is 40.9 Å². The predicted octanol–water partition coefficient (Wildman–Crippen LogP) is 2.76. The molecule has 106 valence electrons. The van der Waals surface area contributed by atoms with Crippen molar-refractivity contribution >= 4 is 17.7 Å². The number of aryl methyl sites for hydroxylation is 2. The molecule has 2 rings (SSSR count). The molecule has 19 heavy (non-hydrogen) atoms. The highest BCUT2D eigenvalue weighted by Gasteiger charge is 2.27. The lowest BCUT2D eigenvalue weighted by Gasteiger charge is -2.31. The molecule has 0 saturated carbocycles. The van der Waals surface area contributed by atoms with E-state index >= 15 is 0 Å². The quantitative estimate of drug-likeness (QED) is 0.852. The van der Waals surface area contributed by atoms with Gasteiger partial charge in [0.25, 0.3) is 5.91 Å². The van der Waals surface area contributed by atoms with Crippen molar-refractivity contribution in [1.29, 1.82) is 0 Å². The van der Waals surface area contributed by atoms with E-state index < -0.39 is 0 Å². The van der Waals surface area contributed by atoms with Crippen LogP contribution >= 0.6 is 11.8 Å². The van der Waals surface area contributed by atoms with Gasteiger partial charge in [-0.25, -0.2) is 4.98 Å². The van der Waals surface area contributed by atoms with Crippen LogP contribution in [0, 0.1) is 12.8 Å². The third-order valence-electron chi connectivity index (χ3n) is 3.55. The Morgan fingerprint density at radius 3 is 3.00 bits per heavy atom. The van der Waals surface area contributed by atoms with Gasteiger partial charge in [-0.2, -0.15) is 11.8 Å². The number of carbonyl (C=O) groups is 1. The maximum atomic E-state index is 12.5. The number of hydrogen-bond acceptors (Lipinski definition) is 4. The number of oxazole rings is 1. The van der Waals surface area contributed by atoms with Gasteiger partial charge in [0.15, 0.2) is 5.89 Å². The van der Waals surface area contributed by atoms with Crippen LogP contribution < -0.4 is 0 Å². The molecule has 1 atom stereocenters. The van der Waals surface area contributed by atoms with E-state index in [1.54, 1.807) is 0 Å². The maximum Gasteiger partial charge on any atom is 0.291 e. The first-order chi connectivity index (χ1) is 9.15. The molecule has 1 aromatic rings. The van der Waals surface area contributed by atoms with Crippen molar-refractivity contribution in [2.45, 2.75) is 33.1 Å². The van der Waals surface area contributed by atoms with E-state index in [4.69, 9.17) is 4.42 Å². The number of thioether (sulfide) groups is 1. The molecule has 2 heterocycles. The van der Waals surface area contributed by atoms with Crippen LogP contribution in [0.5, 0.6) is 0 Å². The molecule has 0 aliphatic carbocycles. The van der Waals surface area contributed by atoms with Gasteiger partial charge in [0.1, 0.15) is 0 Å². The Bertz CT molecular complexity index is 443. The summed E-state index contributed by atoms with van der Waals surface area (Å²) in [7, 11) is 0. The van der Waals surface area contributed by atoms with Gasteiger partial charge >= 0.3 is 0 Å². The first-order valence-corrected chi connectivity index (χ1v) is 8.29. The van der Waals surface area contributed by atoms with Crippen molar-refractivity contribution in [2.75, 3.05) is 25.1 Å². The SMILES string of the molecule is CCc1nc(C)c(C(=O)N2CCC[C@@H](CSC)C2)o1. The number of piperidine rings is 1. The van der Waals surface area contributed by atoms with Gasteiger partial charge in [-0.15, -0.1) is 0 Å². The molecule has 4 nitrogen and oxygen atoms in total. The molecule has 0 N–H and O–H groups in total. The van der Waals surface area contributed by atoms with E-state index in [9.17, 15) is 4.79 Å². The molecule has 1 aliphatic heterocycles. The summed E-state index contributed by atoms with van der Waals surface area (Å²) in [5.41, 5.74) is 0.717. The zero-order valence-electron chi connectivity index (χ0n) is 11.9. The highest BCUT2D eigenvalue weighted by molar-refractivity contribution is 7.98. The highest BCUT2D eigenvalue weighted by Crippen LogP contribution is 2.22. The van der Waals surface area contributed by atoms with Gasteiger partial charge in [-0.1, -0.05) is 6.92 Å². The number of carbonyl (C=O) groups excluding carboxylic acids is 1. The Hall–Kier alpha value is -0.970. The molecule has 1 saturated heterocycles. The summed E-state index contributed by atoms with van der Waals surface area (Å²) in [6.07, 6.45) is 5.16. The Morgan fingerprint density at radius 1 is 1.58 bits per heavy atom. The second kappa shape index (κ2) is 6.46. The molecule has 1 fully saturated rings. The van der Waals surface area contributed by atoms with Crippen LogP contribution in [0.2, 0.25) is 0 Å². The minimum Gasteiger partial charge on any atom is -0.435 e. The summed E-state index contributed by atoms with van der Waals surface area (Å²) in [5, 5.41) is 0. The second-order valence-corrected chi connectivity index (χ2v) is 6.00. The van der Waals surface area contributed by atoms with E-state index in [-0.39, 0.29) is 5.91 Å². The molecule has 0 radical (unpaired) electrons. The van der Waals surface area contributed by atoms with Crippen LogP contribution in [-0.2, 0) is 6.42 Å². The Labute approximate surface area is 118 Å². The molecular formula is C14H22N2O2S. The molecular weight excluding hydrogens is 260 g/mol. The molecule has 0 spiro atoms. The molecule has 0 bridgehead atoms. The number of nitrogens with zero attached hydrogens (tertiary/aromatic N) is 2. The third kappa shape index (κ3) is 3.32. The number of amides is 1. The lowest BCUT2D eigenvalue weighted by atomic mass is 10.00. The summed E-state index contributed by atoms with van der Waals surface area (Å²) < 4.78 is 5.57. The smallest absolute Gasteiger partial charge is 0.291 e.